The highest BCUT2D eigenvalue weighted by atomic mass is 16.1. The fourth-order valence-electron chi connectivity index (χ4n) is 2.35. The maximum absolute atomic E-state index is 11.6. The number of fused-ring (bicyclic) bond motifs is 1. The number of rotatable bonds is 4. The van der Waals surface area contributed by atoms with Crippen molar-refractivity contribution in [2.45, 2.75) is 6.92 Å². The van der Waals surface area contributed by atoms with Crippen molar-refractivity contribution in [2.75, 3.05) is 5.32 Å². The van der Waals surface area contributed by atoms with Crippen molar-refractivity contribution in [3.05, 3.63) is 53.5 Å². The summed E-state index contributed by atoms with van der Waals surface area (Å²) in [6.45, 7) is 1.83. The minimum Gasteiger partial charge on any atom is -0.405 e. The Morgan fingerprint density at radius 2 is 2.22 bits per heavy atom. The summed E-state index contributed by atoms with van der Waals surface area (Å²) in [5.41, 5.74) is 3.11. The van der Waals surface area contributed by atoms with Gasteiger partial charge in [-0.15, -0.1) is 0 Å². The molecule has 1 amide bonds. The zero-order valence-electron chi connectivity index (χ0n) is 12.3. The van der Waals surface area contributed by atoms with Gasteiger partial charge in [-0.2, -0.15) is 5.10 Å². The SMILES string of the molecule is [B]NC(=O)c1cccc(Nc2ncnn3cc(C=O)c(C)c23)c1. The maximum atomic E-state index is 11.6. The molecule has 0 saturated carbocycles. The van der Waals surface area contributed by atoms with Crippen LogP contribution < -0.4 is 10.5 Å². The van der Waals surface area contributed by atoms with E-state index in [2.05, 4.69) is 20.6 Å². The van der Waals surface area contributed by atoms with E-state index in [9.17, 15) is 9.59 Å². The lowest BCUT2D eigenvalue weighted by Gasteiger charge is -2.09. The normalized spacial score (nSPS) is 10.5. The molecule has 0 aliphatic carbocycles. The smallest absolute Gasteiger partial charge is 0.238 e. The third-order valence-corrected chi connectivity index (χ3v) is 3.51. The number of amides is 1. The van der Waals surface area contributed by atoms with E-state index in [0.717, 1.165) is 11.8 Å². The Morgan fingerprint density at radius 1 is 1.39 bits per heavy atom. The van der Waals surface area contributed by atoms with Gasteiger partial charge in [0.25, 0.3) is 0 Å². The monoisotopic (exact) mass is 305 g/mol. The molecule has 2 radical (unpaired) electrons. The molecule has 8 heteroatoms. The number of carbonyl (C=O) groups excluding carboxylic acids is 2. The number of nitrogens with zero attached hydrogens (tertiary/aromatic N) is 3. The molecular formula is C15H12BN5O2. The van der Waals surface area contributed by atoms with Crippen molar-refractivity contribution in [1.82, 2.24) is 19.8 Å². The Hall–Kier alpha value is -3.16. The quantitative estimate of drug-likeness (QED) is 0.562. The van der Waals surface area contributed by atoms with Crippen LogP contribution in [0.2, 0.25) is 0 Å². The van der Waals surface area contributed by atoms with Gasteiger partial charge in [0.2, 0.25) is 13.9 Å². The standard InChI is InChI=1S/C15H12BN5O2/c1-9-11(7-22)6-21-13(9)14(17-8-18-21)19-12-4-2-3-10(5-12)15(23)20-16/h2-8H,1H3,(H,20,23)(H,17,18,19). The first-order chi connectivity index (χ1) is 11.1. The third kappa shape index (κ3) is 2.66. The Labute approximate surface area is 133 Å². The number of aryl methyl sites for hydroxylation is 1. The van der Waals surface area contributed by atoms with E-state index >= 15 is 0 Å². The Bertz CT molecular complexity index is 906. The Balaban J connectivity index is 2.03. The predicted molar refractivity (Wildman–Crippen MR) is 86.1 cm³/mol. The minimum absolute atomic E-state index is 0.386. The minimum atomic E-state index is -0.386. The molecule has 0 aliphatic heterocycles. The third-order valence-electron chi connectivity index (χ3n) is 3.51. The Morgan fingerprint density at radius 3 is 2.96 bits per heavy atom. The highest BCUT2D eigenvalue weighted by molar-refractivity contribution is 6.18. The first-order valence-electron chi connectivity index (χ1n) is 6.80. The van der Waals surface area contributed by atoms with Gasteiger partial charge < -0.3 is 10.5 Å². The molecule has 112 valence electrons. The van der Waals surface area contributed by atoms with Crippen molar-refractivity contribution < 1.29 is 9.59 Å². The second-order valence-corrected chi connectivity index (χ2v) is 4.91. The molecule has 3 rings (SSSR count). The number of anilines is 2. The average Bonchev–Trinajstić information content (AvgIpc) is 2.91. The summed E-state index contributed by atoms with van der Waals surface area (Å²) >= 11 is 0. The molecule has 0 spiro atoms. The van der Waals surface area contributed by atoms with Crippen LogP contribution in [0, 0.1) is 6.92 Å². The number of hydrogen-bond acceptors (Lipinski definition) is 5. The van der Waals surface area contributed by atoms with Crippen molar-refractivity contribution in [3.63, 3.8) is 0 Å². The summed E-state index contributed by atoms with van der Waals surface area (Å²) < 4.78 is 1.59. The zero-order valence-corrected chi connectivity index (χ0v) is 12.3. The van der Waals surface area contributed by atoms with Gasteiger partial charge in [0, 0.05) is 23.0 Å². The number of carbonyl (C=O) groups is 2. The van der Waals surface area contributed by atoms with Gasteiger partial charge in [-0.25, -0.2) is 9.50 Å². The second kappa shape index (κ2) is 5.92. The molecule has 0 atom stereocenters. The number of aldehydes is 1. The summed E-state index contributed by atoms with van der Waals surface area (Å²) in [4.78, 5) is 26.9. The molecule has 1 aromatic carbocycles. The van der Waals surface area contributed by atoms with Crippen LogP contribution in [0.5, 0.6) is 0 Å². The van der Waals surface area contributed by atoms with E-state index in [1.165, 1.54) is 6.33 Å². The van der Waals surface area contributed by atoms with Gasteiger partial charge in [-0.3, -0.25) is 9.59 Å². The summed E-state index contributed by atoms with van der Waals surface area (Å²) in [5, 5.41) is 9.32. The van der Waals surface area contributed by atoms with Gasteiger partial charge >= 0.3 is 0 Å². The molecule has 2 aromatic heterocycles. The lowest BCUT2D eigenvalue weighted by atomic mass is 10.1. The molecule has 0 unspecified atom stereocenters. The molecule has 23 heavy (non-hydrogen) atoms. The molecule has 7 nitrogen and oxygen atoms in total. The van der Waals surface area contributed by atoms with E-state index in [-0.39, 0.29) is 5.91 Å². The summed E-state index contributed by atoms with van der Waals surface area (Å²) in [5.74, 6) is 0.152. The van der Waals surface area contributed by atoms with E-state index in [1.54, 1.807) is 35.0 Å². The van der Waals surface area contributed by atoms with Gasteiger partial charge in [0.05, 0.1) is 0 Å². The fourth-order valence-corrected chi connectivity index (χ4v) is 2.35. The second-order valence-electron chi connectivity index (χ2n) is 4.91. The zero-order chi connectivity index (χ0) is 16.4. The molecule has 2 heterocycles. The topological polar surface area (TPSA) is 88.4 Å². The van der Waals surface area contributed by atoms with E-state index < -0.39 is 0 Å². The lowest BCUT2D eigenvalue weighted by molar-refractivity contribution is 0.0981. The van der Waals surface area contributed by atoms with Crippen LogP contribution in [0.25, 0.3) is 5.52 Å². The largest absolute Gasteiger partial charge is 0.405 e. The molecule has 3 aromatic rings. The first-order valence-corrected chi connectivity index (χ1v) is 6.80. The van der Waals surface area contributed by atoms with E-state index in [0.29, 0.717) is 28.1 Å². The Kier molecular flexibility index (Phi) is 3.80. The van der Waals surface area contributed by atoms with Crippen LogP contribution in [0.4, 0.5) is 11.5 Å². The number of aromatic nitrogens is 3. The summed E-state index contributed by atoms with van der Waals surface area (Å²) in [6.07, 6.45) is 3.81. The molecule has 2 N–H and O–H groups in total. The number of benzene rings is 1. The van der Waals surface area contributed by atoms with Crippen LogP contribution in [0.1, 0.15) is 26.3 Å². The van der Waals surface area contributed by atoms with E-state index in [4.69, 9.17) is 7.98 Å². The van der Waals surface area contributed by atoms with Crippen LogP contribution in [-0.4, -0.2) is 34.8 Å². The highest BCUT2D eigenvalue weighted by Crippen LogP contribution is 2.24. The number of nitrogens with one attached hydrogen (secondary N) is 2. The van der Waals surface area contributed by atoms with Crippen molar-refractivity contribution in [1.29, 1.82) is 0 Å². The molecule has 0 bridgehead atoms. The average molecular weight is 305 g/mol. The van der Waals surface area contributed by atoms with Crippen molar-refractivity contribution >= 4 is 37.2 Å². The van der Waals surface area contributed by atoms with Gasteiger partial charge in [-0.1, -0.05) is 6.07 Å². The molecule has 0 saturated heterocycles. The van der Waals surface area contributed by atoms with Crippen LogP contribution in [0.3, 0.4) is 0 Å². The number of hydrogen-bond donors (Lipinski definition) is 2. The molecular weight excluding hydrogens is 293 g/mol. The van der Waals surface area contributed by atoms with Crippen LogP contribution in [-0.2, 0) is 0 Å². The van der Waals surface area contributed by atoms with Crippen molar-refractivity contribution in [2.24, 2.45) is 0 Å². The highest BCUT2D eigenvalue weighted by Gasteiger charge is 2.13. The summed E-state index contributed by atoms with van der Waals surface area (Å²) in [7, 11) is 5.14. The lowest BCUT2D eigenvalue weighted by Crippen LogP contribution is -2.19. The van der Waals surface area contributed by atoms with Gasteiger partial charge in [0.15, 0.2) is 12.1 Å². The maximum Gasteiger partial charge on any atom is 0.238 e. The summed E-state index contributed by atoms with van der Waals surface area (Å²) in [6, 6.07) is 6.83. The van der Waals surface area contributed by atoms with E-state index in [1.807, 2.05) is 6.92 Å². The predicted octanol–water partition coefficient (Wildman–Crippen LogP) is 1.41. The van der Waals surface area contributed by atoms with Crippen LogP contribution in [0.15, 0.2) is 36.8 Å². The first kappa shape index (κ1) is 14.8. The van der Waals surface area contributed by atoms with Gasteiger partial charge in [0.1, 0.15) is 11.8 Å². The fraction of sp³-hybridized carbons (Fsp3) is 0.0667. The van der Waals surface area contributed by atoms with Gasteiger partial charge in [-0.05, 0) is 30.7 Å². The molecule has 0 aliphatic rings. The van der Waals surface area contributed by atoms with Crippen molar-refractivity contribution in [3.8, 4) is 0 Å². The molecule has 0 fully saturated rings. The van der Waals surface area contributed by atoms with Crippen LogP contribution >= 0.6 is 0 Å².